The SMILES string of the molecule is CC(C)(C)C(=O)C(C#N)=c1sc(=Cc2ccncc2)c(=O)n1-c1ccc(Cl)cc1. The Morgan fingerprint density at radius 3 is 2.34 bits per heavy atom. The first-order chi connectivity index (χ1) is 13.7. The van der Waals surface area contributed by atoms with Gasteiger partial charge in [0.2, 0.25) is 0 Å². The van der Waals surface area contributed by atoms with Crippen molar-refractivity contribution in [3.05, 3.63) is 78.9 Å². The Balaban J connectivity index is 2.43. The van der Waals surface area contributed by atoms with Gasteiger partial charge in [-0.05, 0) is 48.0 Å². The van der Waals surface area contributed by atoms with Crippen LogP contribution in [0, 0.1) is 16.7 Å². The standard InChI is InChI=1S/C22H18ClN3O2S/c1-22(2,3)19(27)17(13-24)21-26(16-6-4-15(23)5-7-16)20(28)18(29-21)12-14-8-10-25-11-9-14/h4-12H,1-3H3. The highest BCUT2D eigenvalue weighted by molar-refractivity contribution is 7.07. The molecule has 0 aliphatic carbocycles. The molecule has 3 aromatic rings. The highest BCUT2D eigenvalue weighted by atomic mass is 35.5. The van der Waals surface area contributed by atoms with Gasteiger partial charge in [0.25, 0.3) is 5.56 Å². The average molecular weight is 424 g/mol. The Kier molecular flexibility index (Phi) is 5.83. The van der Waals surface area contributed by atoms with Crippen LogP contribution in [0.1, 0.15) is 26.3 Å². The number of nitriles is 1. The Hall–Kier alpha value is -3.01. The molecule has 1 aromatic carbocycles. The van der Waals surface area contributed by atoms with Gasteiger partial charge < -0.3 is 0 Å². The maximum Gasteiger partial charge on any atom is 0.273 e. The second-order valence-electron chi connectivity index (χ2n) is 7.38. The fourth-order valence-corrected chi connectivity index (χ4v) is 3.88. The van der Waals surface area contributed by atoms with Crippen molar-refractivity contribution in [2.24, 2.45) is 5.41 Å². The van der Waals surface area contributed by atoms with Gasteiger partial charge in [-0.15, -0.1) is 11.3 Å². The van der Waals surface area contributed by atoms with E-state index in [-0.39, 0.29) is 16.9 Å². The monoisotopic (exact) mass is 423 g/mol. The Bertz CT molecular complexity index is 1280. The zero-order valence-corrected chi connectivity index (χ0v) is 17.7. The number of thiazole rings is 1. The smallest absolute Gasteiger partial charge is 0.273 e. The van der Waals surface area contributed by atoms with Gasteiger partial charge in [0.15, 0.2) is 5.78 Å². The first-order valence-corrected chi connectivity index (χ1v) is 10.0. The Labute approximate surface area is 176 Å². The number of nitrogens with zero attached hydrogens (tertiary/aromatic N) is 3. The van der Waals surface area contributed by atoms with Crippen LogP contribution < -0.4 is 14.8 Å². The molecule has 0 bridgehead atoms. The van der Waals surface area contributed by atoms with Crippen molar-refractivity contribution in [3.8, 4) is 11.8 Å². The van der Waals surface area contributed by atoms with Crippen molar-refractivity contribution >= 4 is 40.4 Å². The lowest BCUT2D eigenvalue weighted by molar-refractivity contribution is -0.120. The molecule has 3 rings (SSSR count). The number of halogens is 1. The van der Waals surface area contributed by atoms with E-state index in [4.69, 9.17) is 11.6 Å². The number of carbonyl (C=O) groups is 1. The molecule has 0 atom stereocenters. The molecule has 0 saturated carbocycles. The van der Waals surface area contributed by atoms with Crippen molar-refractivity contribution in [2.75, 3.05) is 0 Å². The molecule has 0 radical (unpaired) electrons. The van der Waals surface area contributed by atoms with Gasteiger partial charge in [-0.1, -0.05) is 32.4 Å². The summed E-state index contributed by atoms with van der Waals surface area (Å²) in [6.07, 6.45) is 4.99. The number of rotatable bonds is 3. The van der Waals surface area contributed by atoms with E-state index in [1.165, 1.54) is 4.57 Å². The zero-order valence-electron chi connectivity index (χ0n) is 16.1. The first kappa shape index (κ1) is 20.7. The van der Waals surface area contributed by atoms with E-state index < -0.39 is 5.41 Å². The minimum atomic E-state index is -0.759. The lowest BCUT2D eigenvalue weighted by Gasteiger charge is -2.15. The third kappa shape index (κ3) is 4.37. The second kappa shape index (κ2) is 8.16. The van der Waals surface area contributed by atoms with Gasteiger partial charge in [0.05, 0.1) is 10.2 Å². The van der Waals surface area contributed by atoms with Crippen LogP contribution in [0.2, 0.25) is 5.02 Å². The summed E-state index contributed by atoms with van der Waals surface area (Å²) in [6.45, 7) is 5.24. The molecule has 29 heavy (non-hydrogen) atoms. The zero-order chi connectivity index (χ0) is 21.2. The number of ketones is 1. The van der Waals surface area contributed by atoms with Crippen molar-refractivity contribution in [3.63, 3.8) is 0 Å². The largest absolute Gasteiger partial charge is 0.293 e. The molecule has 0 spiro atoms. The average Bonchev–Trinajstić information content (AvgIpc) is 2.99. The number of hydrogen-bond donors (Lipinski definition) is 0. The highest BCUT2D eigenvalue weighted by Gasteiger charge is 2.27. The summed E-state index contributed by atoms with van der Waals surface area (Å²) in [7, 11) is 0. The topological polar surface area (TPSA) is 75.8 Å². The number of Topliss-reactive ketones (excluding diaryl/α,β-unsaturated/α-hetero) is 1. The fourth-order valence-electron chi connectivity index (χ4n) is 2.66. The Morgan fingerprint density at radius 1 is 1.17 bits per heavy atom. The number of hydrogen-bond acceptors (Lipinski definition) is 5. The van der Waals surface area contributed by atoms with Crippen LogP contribution in [0.15, 0.2) is 53.6 Å². The summed E-state index contributed by atoms with van der Waals surface area (Å²) < 4.78 is 2.12. The third-order valence-corrected chi connectivity index (χ3v) is 5.49. The van der Waals surface area contributed by atoms with Crippen molar-refractivity contribution in [2.45, 2.75) is 20.8 Å². The summed E-state index contributed by atoms with van der Waals surface area (Å²) in [4.78, 5) is 30.1. The molecule has 7 heteroatoms. The third-order valence-electron chi connectivity index (χ3n) is 4.15. The minimum absolute atomic E-state index is 0.0380. The normalized spacial score (nSPS) is 13.1. The van der Waals surface area contributed by atoms with E-state index in [0.29, 0.717) is 19.9 Å². The number of benzene rings is 1. The highest BCUT2D eigenvalue weighted by Crippen LogP contribution is 2.20. The number of aromatic nitrogens is 2. The predicted octanol–water partition coefficient (Wildman–Crippen LogP) is 3.07. The van der Waals surface area contributed by atoms with E-state index in [9.17, 15) is 14.9 Å². The molecular weight excluding hydrogens is 406 g/mol. The molecule has 0 amide bonds. The molecule has 0 aliphatic rings. The first-order valence-electron chi connectivity index (χ1n) is 8.81. The van der Waals surface area contributed by atoms with Crippen LogP contribution in [-0.4, -0.2) is 15.3 Å². The van der Waals surface area contributed by atoms with Crippen LogP contribution in [0.5, 0.6) is 0 Å². The second-order valence-corrected chi connectivity index (χ2v) is 8.85. The van der Waals surface area contributed by atoms with E-state index >= 15 is 0 Å². The van der Waals surface area contributed by atoms with Gasteiger partial charge in [-0.3, -0.25) is 19.1 Å². The number of carbonyl (C=O) groups excluding carboxylic acids is 1. The molecule has 5 nitrogen and oxygen atoms in total. The van der Waals surface area contributed by atoms with Gasteiger partial charge in [0.1, 0.15) is 16.3 Å². The van der Waals surface area contributed by atoms with Crippen molar-refractivity contribution < 1.29 is 4.79 Å². The van der Waals surface area contributed by atoms with Crippen LogP contribution in [0.25, 0.3) is 17.3 Å². The lowest BCUT2D eigenvalue weighted by Crippen LogP contribution is -2.33. The molecule has 0 unspecified atom stereocenters. The van der Waals surface area contributed by atoms with E-state index in [0.717, 1.165) is 16.9 Å². The summed E-state index contributed by atoms with van der Waals surface area (Å²) >= 11 is 7.10. The summed E-state index contributed by atoms with van der Waals surface area (Å²) in [5.41, 5.74) is 0.232. The maximum absolute atomic E-state index is 13.2. The number of pyridine rings is 1. The summed E-state index contributed by atoms with van der Waals surface area (Å²) in [5.74, 6) is -0.320. The molecule has 0 fully saturated rings. The van der Waals surface area contributed by atoms with Gasteiger partial charge in [0, 0.05) is 22.8 Å². The molecule has 0 aliphatic heterocycles. The summed E-state index contributed by atoms with van der Waals surface area (Å²) in [6, 6.07) is 12.3. The quantitative estimate of drug-likeness (QED) is 0.648. The fraction of sp³-hybridized carbons (Fsp3) is 0.182. The van der Waals surface area contributed by atoms with Crippen LogP contribution in [0.4, 0.5) is 0 Å². The molecule has 146 valence electrons. The van der Waals surface area contributed by atoms with E-state index in [2.05, 4.69) is 4.98 Å². The molecule has 2 aromatic heterocycles. The Morgan fingerprint density at radius 2 is 1.79 bits per heavy atom. The molecule has 0 saturated heterocycles. The van der Waals surface area contributed by atoms with Gasteiger partial charge in [-0.25, -0.2) is 0 Å². The van der Waals surface area contributed by atoms with Gasteiger partial charge in [-0.2, -0.15) is 5.26 Å². The minimum Gasteiger partial charge on any atom is -0.293 e. The van der Waals surface area contributed by atoms with Crippen LogP contribution >= 0.6 is 22.9 Å². The lowest BCUT2D eigenvalue weighted by atomic mass is 9.87. The van der Waals surface area contributed by atoms with Crippen LogP contribution in [-0.2, 0) is 4.79 Å². The van der Waals surface area contributed by atoms with E-state index in [1.54, 1.807) is 75.6 Å². The van der Waals surface area contributed by atoms with Crippen molar-refractivity contribution in [1.82, 2.24) is 9.55 Å². The predicted molar refractivity (Wildman–Crippen MR) is 115 cm³/mol. The van der Waals surface area contributed by atoms with Gasteiger partial charge >= 0.3 is 0 Å². The summed E-state index contributed by atoms with van der Waals surface area (Å²) in [5, 5.41) is 10.3. The molecule has 0 N–H and O–H groups in total. The molecule has 2 heterocycles. The molecular formula is C22H18ClN3O2S. The van der Waals surface area contributed by atoms with Crippen molar-refractivity contribution in [1.29, 1.82) is 5.26 Å². The van der Waals surface area contributed by atoms with E-state index in [1.807, 2.05) is 6.07 Å². The van der Waals surface area contributed by atoms with Crippen LogP contribution in [0.3, 0.4) is 0 Å². The maximum atomic E-state index is 13.2.